The maximum Gasteiger partial charge on any atom is 0.309 e. The average Bonchev–Trinajstić information content (AvgIpc) is 3.29. The highest BCUT2D eigenvalue weighted by Crippen LogP contribution is 2.34. The Morgan fingerprint density at radius 2 is 2.03 bits per heavy atom. The van der Waals surface area contributed by atoms with Crippen molar-refractivity contribution in [1.29, 1.82) is 0 Å². The zero-order chi connectivity index (χ0) is 23.0. The zero-order valence-electron chi connectivity index (χ0n) is 18.2. The molecule has 0 radical (unpaired) electrons. The number of nitrogens with zero attached hydrogens (tertiary/aromatic N) is 4. The Hall–Kier alpha value is -2.98. The van der Waals surface area contributed by atoms with Crippen LogP contribution in [0.4, 0.5) is 0 Å². The molecule has 3 heterocycles. The van der Waals surface area contributed by atoms with Crippen LogP contribution in [0.25, 0.3) is 10.9 Å². The van der Waals surface area contributed by atoms with Gasteiger partial charge in [0.1, 0.15) is 5.75 Å². The molecule has 3 aromatic rings. The second kappa shape index (κ2) is 8.51. The Bertz CT molecular complexity index is 1250. The molecule has 32 heavy (non-hydrogen) atoms. The van der Waals surface area contributed by atoms with Gasteiger partial charge in [-0.05, 0) is 43.5 Å². The summed E-state index contributed by atoms with van der Waals surface area (Å²) in [5.41, 5.74) is 2.32. The number of carboxylic acid groups (broad SMARTS) is 1. The van der Waals surface area contributed by atoms with Gasteiger partial charge in [-0.3, -0.25) is 9.48 Å². The van der Waals surface area contributed by atoms with Gasteiger partial charge in [0.05, 0.1) is 36.5 Å². The van der Waals surface area contributed by atoms with Crippen molar-refractivity contribution in [3.63, 3.8) is 0 Å². The molecule has 2 aromatic heterocycles. The first-order chi connectivity index (χ1) is 15.2. The molecule has 2 atom stereocenters. The fourth-order valence-corrected chi connectivity index (χ4v) is 5.63. The molecule has 1 fully saturated rings. The van der Waals surface area contributed by atoms with Crippen LogP contribution in [0.5, 0.6) is 5.75 Å². The molecular weight excluding hydrogens is 432 g/mol. The Balaban J connectivity index is 1.66. The Morgan fingerprint density at radius 3 is 2.69 bits per heavy atom. The predicted molar refractivity (Wildman–Crippen MR) is 118 cm³/mol. The second-order valence-corrected chi connectivity index (χ2v) is 10.00. The van der Waals surface area contributed by atoms with Crippen LogP contribution in [-0.2, 0) is 21.2 Å². The molecule has 4 rings (SSSR count). The SMILES string of the molecule is CCOc1ccc(S(=O)(=O)N2C[C@@H](C)[C@@H](n3nc(CC(=O)O)c4ccc(C)cc43)C2)nc1. The van der Waals surface area contributed by atoms with Gasteiger partial charge >= 0.3 is 5.97 Å². The van der Waals surface area contributed by atoms with E-state index in [9.17, 15) is 18.3 Å². The van der Waals surface area contributed by atoms with Crippen molar-refractivity contribution in [3.05, 3.63) is 47.8 Å². The number of hydrogen-bond donors (Lipinski definition) is 1. The minimum atomic E-state index is -3.79. The van der Waals surface area contributed by atoms with Crippen molar-refractivity contribution in [3.8, 4) is 5.75 Å². The van der Waals surface area contributed by atoms with E-state index < -0.39 is 16.0 Å². The summed E-state index contributed by atoms with van der Waals surface area (Å²) in [7, 11) is -3.79. The maximum atomic E-state index is 13.2. The van der Waals surface area contributed by atoms with Crippen LogP contribution in [0.15, 0.2) is 41.6 Å². The number of fused-ring (bicyclic) bond motifs is 1. The third-order valence-corrected chi connectivity index (χ3v) is 7.48. The molecule has 170 valence electrons. The van der Waals surface area contributed by atoms with Crippen LogP contribution in [0.1, 0.15) is 31.1 Å². The lowest BCUT2D eigenvalue weighted by atomic mass is 10.1. The van der Waals surface area contributed by atoms with Crippen LogP contribution >= 0.6 is 0 Å². The lowest BCUT2D eigenvalue weighted by Gasteiger charge is -2.17. The summed E-state index contributed by atoms with van der Waals surface area (Å²) in [4.78, 5) is 15.4. The fourth-order valence-electron chi connectivity index (χ4n) is 4.16. The molecule has 0 amide bonds. The Morgan fingerprint density at radius 1 is 1.25 bits per heavy atom. The molecule has 1 saturated heterocycles. The van der Waals surface area contributed by atoms with Crippen molar-refractivity contribution in [2.45, 2.75) is 38.3 Å². The van der Waals surface area contributed by atoms with E-state index in [1.54, 1.807) is 10.7 Å². The summed E-state index contributed by atoms with van der Waals surface area (Å²) in [5.74, 6) is -0.459. The minimum absolute atomic E-state index is 0.0197. The lowest BCUT2D eigenvalue weighted by Crippen LogP contribution is -2.30. The minimum Gasteiger partial charge on any atom is -0.492 e. The van der Waals surface area contributed by atoms with Crippen LogP contribution in [-0.4, -0.2) is 58.3 Å². The van der Waals surface area contributed by atoms with Crippen molar-refractivity contribution >= 4 is 26.9 Å². The number of sulfonamides is 1. The van der Waals surface area contributed by atoms with E-state index in [-0.39, 0.29) is 30.0 Å². The standard InChI is InChI=1S/C22H26N4O5S/c1-4-31-16-6-8-21(23-11-16)32(29,30)25-12-15(3)20(13-25)26-19-9-14(2)5-7-17(19)18(24-26)10-22(27)28/h5-9,11,15,20H,4,10,12-13H2,1-3H3,(H,27,28)/t15-,20+/m1/s1. The molecule has 0 bridgehead atoms. The molecular formula is C22H26N4O5S. The molecule has 0 unspecified atom stereocenters. The molecule has 1 aromatic carbocycles. The van der Waals surface area contributed by atoms with E-state index in [4.69, 9.17) is 4.74 Å². The summed E-state index contributed by atoms with van der Waals surface area (Å²) in [6, 6.07) is 8.60. The smallest absolute Gasteiger partial charge is 0.309 e. The monoisotopic (exact) mass is 458 g/mol. The van der Waals surface area contributed by atoms with Gasteiger partial charge in [0.25, 0.3) is 10.0 Å². The number of aromatic nitrogens is 3. The van der Waals surface area contributed by atoms with E-state index >= 15 is 0 Å². The predicted octanol–water partition coefficient (Wildman–Crippen LogP) is 2.65. The van der Waals surface area contributed by atoms with E-state index in [1.807, 2.05) is 39.0 Å². The fraction of sp³-hybridized carbons (Fsp3) is 0.409. The first-order valence-electron chi connectivity index (χ1n) is 10.5. The number of carbonyl (C=O) groups is 1. The summed E-state index contributed by atoms with van der Waals surface area (Å²) < 4.78 is 35.0. The quantitative estimate of drug-likeness (QED) is 0.579. The molecule has 0 spiro atoms. The van der Waals surface area contributed by atoms with Crippen LogP contribution in [0.3, 0.4) is 0 Å². The van der Waals surface area contributed by atoms with E-state index in [1.165, 1.54) is 16.6 Å². The average molecular weight is 459 g/mol. The van der Waals surface area contributed by atoms with Gasteiger partial charge in [-0.25, -0.2) is 13.4 Å². The Kier molecular flexibility index (Phi) is 5.91. The number of benzene rings is 1. The molecule has 9 nitrogen and oxygen atoms in total. The molecule has 10 heteroatoms. The number of carboxylic acids is 1. The van der Waals surface area contributed by atoms with Gasteiger partial charge in [0.15, 0.2) is 5.03 Å². The maximum absolute atomic E-state index is 13.2. The van der Waals surface area contributed by atoms with Gasteiger partial charge < -0.3 is 9.84 Å². The van der Waals surface area contributed by atoms with Gasteiger partial charge in [-0.2, -0.15) is 9.40 Å². The van der Waals surface area contributed by atoms with Crippen molar-refractivity contribution in [1.82, 2.24) is 19.1 Å². The number of hydrogen-bond acceptors (Lipinski definition) is 6. The summed E-state index contributed by atoms with van der Waals surface area (Å²) >= 11 is 0. The third-order valence-electron chi connectivity index (χ3n) is 5.74. The number of aliphatic carboxylic acids is 1. The molecule has 1 aliphatic rings. The van der Waals surface area contributed by atoms with Crippen molar-refractivity contribution in [2.75, 3.05) is 19.7 Å². The van der Waals surface area contributed by atoms with Gasteiger partial charge in [-0.15, -0.1) is 0 Å². The largest absolute Gasteiger partial charge is 0.492 e. The summed E-state index contributed by atoms with van der Waals surface area (Å²) in [5, 5.41) is 14.6. The topological polar surface area (TPSA) is 115 Å². The first kappa shape index (κ1) is 22.2. The lowest BCUT2D eigenvalue weighted by molar-refractivity contribution is -0.136. The van der Waals surface area contributed by atoms with Gasteiger partial charge in [-0.1, -0.05) is 19.1 Å². The number of aryl methyl sites for hydroxylation is 1. The van der Waals surface area contributed by atoms with Crippen molar-refractivity contribution < 1.29 is 23.1 Å². The van der Waals surface area contributed by atoms with Gasteiger partial charge in [0.2, 0.25) is 0 Å². The van der Waals surface area contributed by atoms with Crippen LogP contribution in [0.2, 0.25) is 0 Å². The van der Waals surface area contributed by atoms with E-state index in [0.29, 0.717) is 24.6 Å². The molecule has 1 aliphatic heterocycles. The number of rotatable bonds is 7. The highest BCUT2D eigenvalue weighted by molar-refractivity contribution is 7.89. The van der Waals surface area contributed by atoms with Gasteiger partial charge in [0, 0.05) is 18.5 Å². The summed E-state index contributed by atoms with van der Waals surface area (Å²) in [6.45, 7) is 6.81. The number of ether oxygens (including phenoxy) is 1. The summed E-state index contributed by atoms with van der Waals surface area (Å²) in [6.07, 6.45) is 1.22. The highest BCUT2D eigenvalue weighted by atomic mass is 32.2. The molecule has 0 saturated carbocycles. The van der Waals surface area contributed by atoms with Crippen LogP contribution in [0, 0.1) is 12.8 Å². The van der Waals surface area contributed by atoms with Crippen LogP contribution < -0.4 is 4.74 Å². The van der Waals surface area contributed by atoms with E-state index in [0.717, 1.165) is 16.5 Å². The number of pyridine rings is 1. The normalized spacial score (nSPS) is 19.5. The first-order valence-corrected chi connectivity index (χ1v) is 11.9. The zero-order valence-corrected chi connectivity index (χ0v) is 19.0. The van der Waals surface area contributed by atoms with Crippen molar-refractivity contribution in [2.24, 2.45) is 5.92 Å². The second-order valence-electron chi connectivity index (χ2n) is 8.11. The Labute approximate surface area is 186 Å². The molecule has 0 aliphatic carbocycles. The highest BCUT2D eigenvalue weighted by Gasteiger charge is 2.40. The molecule has 1 N–H and O–H groups in total. The third kappa shape index (κ3) is 4.07. The van der Waals surface area contributed by atoms with E-state index in [2.05, 4.69) is 10.1 Å².